The number of rotatable bonds is 21. The second-order valence-corrected chi connectivity index (χ2v) is 11.6. The second-order valence-electron chi connectivity index (χ2n) is 11.6. The number of aryl methyl sites for hydroxylation is 2. The first-order valence-corrected chi connectivity index (χ1v) is 16.6. The van der Waals surface area contributed by atoms with E-state index in [9.17, 15) is 4.79 Å². The van der Waals surface area contributed by atoms with Crippen LogP contribution in [0.1, 0.15) is 81.0 Å². The standard InChI is InChI=1S/C37H49N3O7/c1-42-32-21-20-28(18-19-29-25-34(43-2)37(45-4)35(26-29)44-3)24-33(32)46-23-12-7-5-6-9-14-30-27-40(39-38-30)22-11-8-10-15-31-16-13-17-36(41)47-31/h13,17-21,24-27,31H,5-12,14-16,22-23H2,1-4H3/b19-18-/t31-/m1/s1. The number of cyclic esters (lactones) is 1. The molecular formula is C37H49N3O7. The van der Waals surface area contributed by atoms with Crippen molar-refractivity contribution < 1.29 is 33.2 Å². The van der Waals surface area contributed by atoms with Gasteiger partial charge in [-0.25, -0.2) is 4.79 Å². The first-order valence-electron chi connectivity index (χ1n) is 16.6. The lowest BCUT2D eigenvalue weighted by Gasteiger charge is -2.18. The summed E-state index contributed by atoms with van der Waals surface area (Å²) in [5, 5.41) is 8.64. The minimum Gasteiger partial charge on any atom is -0.493 e. The zero-order valence-electron chi connectivity index (χ0n) is 28.2. The molecule has 0 saturated heterocycles. The molecule has 0 N–H and O–H groups in total. The molecule has 1 aliphatic rings. The predicted octanol–water partition coefficient (Wildman–Crippen LogP) is 7.49. The van der Waals surface area contributed by atoms with Crippen molar-refractivity contribution in [2.75, 3.05) is 35.0 Å². The van der Waals surface area contributed by atoms with E-state index in [-0.39, 0.29) is 12.1 Å². The summed E-state index contributed by atoms with van der Waals surface area (Å²) in [6, 6.07) is 9.73. The smallest absolute Gasteiger partial charge is 0.330 e. The van der Waals surface area contributed by atoms with Crippen LogP contribution in [-0.4, -0.2) is 62.1 Å². The largest absolute Gasteiger partial charge is 0.493 e. The molecule has 2 heterocycles. The molecule has 2 aromatic carbocycles. The van der Waals surface area contributed by atoms with Crippen LogP contribution in [0.4, 0.5) is 0 Å². The lowest BCUT2D eigenvalue weighted by atomic mass is 10.1. The van der Waals surface area contributed by atoms with E-state index >= 15 is 0 Å². The van der Waals surface area contributed by atoms with Crippen LogP contribution in [0.25, 0.3) is 12.2 Å². The SMILES string of the molecule is COc1ccc(/C=C\c2cc(OC)c(OC)c(OC)c2)cc1OCCCCCCCc1cn(CCCCC[C@@H]2CC=CC(=O)O2)nn1. The molecule has 0 fully saturated rings. The number of benzene rings is 2. The molecule has 0 spiro atoms. The molecule has 0 radical (unpaired) electrons. The third-order valence-electron chi connectivity index (χ3n) is 8.11. The number of carbonyl (C=O) groups is 1. The van der Waals surface area contributed by atoms with Crippen molar-refractivity contribution in [1.82, 2.24) is 15.0 Å². The van der Waals surface area contributed by atoms with Crippen molar-refractivity contribution in [2.24, 2.45) is 0 Å². The molecule has 10 heteroatoms. The molecule has 254 valence electrons. The minimum atomic E-state index is -0.218. The number of ether oxygens (including phenoxy) is 6. The third kappa shape index (κ3) is 11.4. The number of hydrogen-bond donors (Lipinski definition) is 0. The zero-order valence-corrected chi connectivity index (χ0v) is 28.2. The molecular weight excluding hydrogens is 598 g/mol. The molecule has 4 rings (SSSR count). The van der Waals surface area contributed by atoms with Gasteiger partial charge in [0.2, 0.25) is 5.75 Å². The van der Waals surface area contributed by atoms with Crippen molar-refractivity contribution in [3.05, 3.63) is 65.5 Å². The average molecular weight is 648 g/mol. The van der Waals surface area contributed by atoms with Crippen LogP contribution < -0.4 is 23.7 Å². The first-order chi connectivity index (χ1) is 23.0. The molecule has 1 aliphatic heterocycles. The van der Waals surface area contributed by atoms with E-state index in [0.717, 1.165) is 99.7 Å². The van der Waals surface area contributed by atoms with Crippen LogP contribution in [0.15, 0.2) is 48.7 Å². The molecule has 0 aliphatic carbocycles. The Morgan fingerprint density at radius 1 is 0.809 bits per heavy atom. The van der Waals surface area contributed by atoms with E-state index in [2.05, 4.69) is 16.5 Å². The van der Waals surface area contributed by atoms with Crippen LogP contribution in [-0.2, 0) is 22.5 Å². The van der Waals surface area contributed by atoms with E-state index < -0.39 is 0 Å². The van der Waals surface area contributed by atoms with Crippen molar-refractivity contribution in [3.63, 3.8) is 0 Å². The molecule has 0 saturated carbocycles. The Morgan fingerprint density at radius 2 is 1.51 bits per heavy atom. The quantitative estimate of drug-likeness (QED) is 0.0661. The summed E-state index contributed by atoms with van der Waals surface area (Å²) in [6.45, 7) is 1.50. The monoisotopic (exact) mass is 647 g/mol. The van der Waals surface area contributed by atoms with Gasteiger partial charge in [-0.1, -0.05) is 55.2 Å². The highest BCUT2D eigenvalue weighted by molar-refractivity contribution is 5.82. The van der Waals surface area contributed by atoms with E-state index in [1.807, 2.05) is 53.2 Å². The van der Waals surface area contributed by atoms with Gasteiger partial charge in [0.1, 0.15) is 6.10 Å². The second kappa shape index (κ2) is 19.3. The maximum Gasteiger partial charge on any atom is 0.330 e. The Bertz CT molecular complexity index is 1440. The predicted molar refractivity (Wildman–Crippen MR) is 182 cm³/mol. The summed E-state index contributed by atoms with van der Waals surface area (Å²) in [6.07, 6.45) is 20.9. The van der Waals surface area contributed by atoms with Gasteiger partial charge in [0.15, 0.2) is 23.0 Å². The molecule has 0 unspecified atom stereocenters. The molecule has 1 atom stereocenters. The average Bonchev–Trinajstić information content (AvgIpc) is 3.55. The number of nitrogens with zero attached hydrogens (tertiary/aromatic N) is 3. The van der Waals surface area contributed by atoms with Crippen molar-refractivity contribution >= 4 is 18.1 Å². The fraction of sp³-hybridized carbons (Fsp3) is 0.486. The molecule has 0 bridgehead atoms. The Hall–Kier alpha value is -4.47. The first kappa shape index (κ1) is 35.4. The molecule has 1 aromatic heterocycles. The lowest BCUT2D eigenvalue weighted by molar-refractivity contribution is -0.144. The van der Waals surface area contributed by atoms with Crippen molar-refractivity contribution in [3.8, 4) is 28.7 Å². The van der Waals surface area contributed by atoms with Gasteiger partial charge in [-0.05, 0) is 73.9 Å². The Balaban J connectivity index is 1.11. The summed E-state index contributed by atoms with van der Waals surface area (Å²) >= 11 is 0. The van der Waals surface area contributed by atoms with Gasteiger partial charge < -0.3 is 28.4 Å². The summed E-state index contributed by atoms with van der Waals surface area (Å²) in [4.78, 5) is 11.3. The lowest BCUT2D eigenvalue weighted by Crippen LogP contribution is -2.19. The van der Waals surface area contributed by atoms with Crippen LogP contribution in [0.2, 0.25) is 0 Å². The molecule has 0 amide bonds. The van der Waals surface area contributed by atoms with E-state index in [0.29, 0.717) is 29.6 Å². The van der Waals surface area contributed by atoms with Crippen LogP contribution in [0.5, 0.6) is 28.7 Å². The minimum absolute atomic E-state index is 0.0373. The number of aromatic nitrogens is 3. The van der Waals surface area contributed by atoms with Gasteiger partial charge in [-0.3, -0.25) is 4.68 Å². The summed E-state index contributed by atoms with van der Waals surface area (Å²) < 4.78 is 35.3. The van der Waals surface area contributed by atoms with Gasteiger partial charge in [0.25, 0.3) is 0 Å². The third-order valence-corrected chi connectivity index (χ3v) is 8.11. The highest BCUT2D eigenvalue weighted by Gasteiger charge is 2.15. The number of esters is 1. The maximum atomic E-state index is 11.3. The highest BCUT2D eigenvalue weighted by atomic mass is 16.5. The normalized spacial score (nSPS) is 14.3. The van der Waals surface area contributed by atoms with Gasteiger partial charge in [-0.2, -0.15) is 0 Å². The maximum absolute atomic E-state index is 11.3. The number of hydrogen-bond acceptors (Lipinski definition) is 9. The van der Waals surface area contributed by atoms with Crippen molar-refractivity contribution in [2.45, 2.75) is 83.3 Å². The Kier molecular flexibility index (Phi) is 14.5. The van der Waals surface area contributed by atoms with E-state index in [1.54, 1.807) is 28.4 Å². The highest BCUT2D eigenvalue weighted by Crippen LogP contribution is 2.39. The molecule has 47 heavy (non-hydrogen) atoms. The van der Waals surface area contributed by atoms with Gasteiger partial charge in [0, 0.05) is 25.2 Å². The number of carbonyl (C=O) groups excluding carboxylic acids is 1. The van der Waals surface area contributed by atoms with Crippen molar-refractivity contribution in [1.29, 1.82) is 0 Å². The van der Waals surface area contributed by atoms with Crippen LogP contribution in [0.3, 0.4) is 0 Å². The number of methoxy groups -OCH3 is 4. The zero-order chi connectivity index (χ0) is 33.3. The molecule has 10 nitrogen and oxygen atoms in total. The Labute approximate surface area is 278 Å². The summed E-state index contributed by atoms with van der Waals surface area (Å²) in [5.74, 6) is 3.01. The van der Waals surface area contributed by atoms with E-state index in [1.165, 1.54) is 6.08 Å². The van der Waals surface area contributed by atoms with Crippen LogP contribution >= 0.6 is 0 Å². The van der Waals surface area contributed by atoms with Crippen LogP contribution in [0, 0.1) is 0 Å². The Morgan fingerprint density at radius 3 is 2.26 bits per heavy atom. The number of unbranched alkanes of at least 4 members (excludes halogenated alkanes) is 6. The summed E-state index contributed by atoms with van der Waals surface area (Å²) in [5.41, 5.74) is 2.97. The molecule has 3 aromatic rings. The summed E-state index contributed by atoms with van der Waals surface area (Å²) in [7, 11) is 6.46. The fourth-order valence-electron chi connectivity index (χ4n) is 5.55. The fourth-order valence-corrected chi connectivity index (χ4v) is 5.55. The van der Waals surface area contributed by atoms with Gasteiger partial charge in [0.05, 0.1) is 40.7 Å². The van der Waals surface area contributed by atoms with E-state index in [4.69, 9.17) is 28.4 Å². The van der Waals surface area contributed by atoms with Gasteiger partial charge >= 0.3 is 5.97 Å². The topological polar surface area (TPSA) is 103 Å². The van der Waals surface area contributed by atoms with Gasteiger partial charge in [-0.15, -0.1) is 5.10 Å².